The Morgan fingerprint density at radius 3 is 2.43 bits per heavy atom. The molecule has 5 nitrogen and oxygen atoms in total. The Bertz CT molecular complexity index is 747. The predicted molar refractivity (Wildman–Crippen MR) is 73.0 cm³/mol. The predicted octanol–water partition coefficient (Wildman–Crippen LogP) is 1.16. The first-order chi connectivity index (χ1) is 9.67. The normalized spacial score (nSPS) is 21.8. The summed E-state index contributed by atoms with van der Waals surface area (Å²) in [5, 5.41) is 0. The van der Waals surface area contributed by atoms with Crippen LogP contribution in [0.5, 0.6) is 0 Å². The molecule has 0 saturated carbocycles. The maximum Gasteiger partial charge on any atom is 0.243 e. The van der Waals surface area contributed by atoms with Gasteiger partial charge in [0, 0.05) is 12.6 Å². The zero-order valence-corrected chi connectivity index (χ0v) is 12.9. The van der Waals surface area contributed by atoms with Crippen LogP contribution in [0.25, 0.3) is 0 Å². The van der Waals surface area contributed by atoms with Crippen LogP contribution in [0.2, 0.25) is 0 Å². The Balaban J connectivity index is 2.38. The Morgan fingerprint density at radius 1 is 1.29 bits per heavy atom. The Kier molecular flexibility index (Phi) is 4.36. The van der Waals surface area contributed by atoms with Crippen molar-refractivity contribution in [2.24, 2.45) is 0 Å². The van der Waals surface area contributed by atoms with Gasteiger partial charge in [0.05, 0.1) is 16.4 Å². The van der Waals surface area contributed by atoms with E-state index < -0.39 is 37.5 Å². The quantitative estimate of drug-likeness (QED) is 0.825. The average molecular weight is 339 g/mol. The molecule has 0 N–H and O–H groups in total. The summed E-state index contributed by atoms with van der Waals surface area (Å²) in [7, 11) is -7.31. The van der Waals surface area contributed by atoms with Crippen LogP contribution in [-0.2, 0) is 19.9 Å². The maximum absolute atomic E-state index is 13.2. The van der Waals surface area contributed by atoms with Crippen molar-refractivity contribution in [2.75, 3.05) is 18.1 Å². The van der Waals surface area contributed by atoms with Gasteiger partial charge in [-0.05, 0) is 24.6 Å². The van der Waals surface area contributed by atoms with Crippen molar-refractivity contribution in [1.29, 1.82) is 0 Å². The first kappa shape index (κ1) is 16.3. The number of sulfonamides is 1. The van der Waals surface area contributed by atoms with E-state index in [1.54, 1.807) is 6.92 Å². The summed E-state index contributed by atoms with van der Waals surface area (Å²) >= 11 is 0. The van der Waals surface area contributed by atoms with Crippen molar-refractivity contribution in [3.8, 4) is 0 Å². The molecule has 1 aromatic rings. The smallest absolute Gasteiger partial charge is 0.229 e. The van der Waals surface area contributed by atoms with Crippen LogP contribution in [0, 0.1) is 11.6 Å². The molecule has 0 aromatic heterocycles. The molecule has 0 radical (unpaired) electrons. The number of hydrogen-bond acceptors (Lipinski definition) is 4. The van der Waals surface area contributed by atoms with Crippen molar-refractivity contribution < 1.29 is 25.6 Å². The first-order valence-corrected chi connectivity index (χ1v) is 9.61. The van der Waals surface area contributed by atoms with Crippen LogP contribution < -0.4 is 0 Å². The molecular formula is C12H15F2NO4S2. The second-order valence-corrected chi connectivity index (χ2v) is 8.96. The van der Waals surface area contributed by atoms with Gasteiger partial charge in [0.1, 0.15) is 0 Å². The van der Waals surface area contributed by atoms with E-state index in [2.05, 4.69) is 0 Å². The number of nitrogens with zero attached hydrogens (tertiary/aromatic N) is 1. The molecule has 1 aromatic carbocycles. The van der Waals surface area contributed by atoms with E-state index in [9.17, 15) is 25.6 Å². The lowest BCUT2D eigenvalue weighted by atomic mass is 10.3. The average Bonchev–Trinajstić information content (AvgIpc) is 2.73. The zero-order valence-electron chi connectivity index (χ0n) is 11.3. The van der Waals surface area contributed by atoms with E-state index in [0.717, 1.165) is 16.4 Å². The molecule has 21 heavy (non-hydrogen) atoms. The van der Waals surface area contributed by atoms with Gasteiger partial charge in [-0.1, -0.05) is 6.92 Å². The number of sulfone groups is 1. The van der Waals surface area contributed by atoms with E-state index in [4.69, 9.17) is 0 Å². The number of benzene rings is 1. The molecule has 0 unspecified atom stereocenters. The van der Waals surface area contributed by atoms with Crippen LogP contribution in [0.4, 0.5) is 8.78 Å². The summed E-state index contributed by atoms with van der Waals surface area (Å²) in [6.07, 6.45) is 0.207. The van der Waals surface area contributed by atoms with Gasteiger partial charge in [-0.25, -0.2) is 25.6 Å². The number of halogens is 2. The van der Waals surface area contributed by atoms with Gasteiger partial charge in [-0.3, -0.25) is 0 Å². The van der Waals surface area contributed by atoms with Gasteiger partial charge >= 0.3 is 0 Å². The van der Waals surface area contributed by atoms with Crippen LogP contribution >= 0.6 is 0 Å². The summed E-state index contributed by atoms with van der Waals surface area (Å²) in [5.74, 6) is -2.71. The molecule has 1 heterocycles. The summed E-state index contributed by atoms with van der Waals surface area (Å²) < 4.78 is 75.1. The monoisotopic (exact) mass is 339 g/mol. The standard InChI is InChI=1S/C12H15F2NO4S2/c1-2-15(9-5-6-20(16,17)8-9)21(18,19)10-3-4-11(13)12(14)7-10/h3-4,7,9H,2,5-6,8H2,1H3/t9-/m1/s1. The van der Waals surface area contributed by atoms with E-state index in [0.29, 0.717) is 6.07 Å². The topological polar surface area (TPSA) is 71.5 Å². The number of rotatable bonds is 4. The minimum absolute atomic E-state index is 0.0571. The Labute approximate surface area is 122 Å². The van der Waals surface area contributed by atoms with E-state index in [1.165, 1.54) is 0 Å². The van der Waals surface area contributed by atoms with Crippen molar-refractivity contribution in [1.82, 2.24) is 4.31 Å². The third-order valence-electron chi connectivity index (χ3n) is 3.42. The Hall–Kier alpha value is -1.06. The minimum atomic E-state index is -4.06. The van der Waals surface area contributed by atoms with Crippen molar-refractivity contribution in [3.63, 3.8) is 0 Å². The lowest BCUT2D eigenvalue weighted by molar-refractivity contribution is 0.354. The third kappa shape index (κ3) is 3.24. The van der Waals surface area contributed by atoms with Crippen LogP contribution in [0.3, 0.4) is 0 Å². The van der Waals surface area contributed by atoms with E-state index >= 15 is 0 Å². The molecule has 0 spiro atoms. The molecule has 1 fully saturated rings. The lowest BCUT2D eigenvalue weighted by Crippen LogP contribution is -2.40. The molecule has 1 atom stereocenters. The fourth-order valence-corrected chi connectivity index (χ4v) is 5.90. The van der Waals surface area contributed by atoms with E-state index in [-0.39, 0.29) is 29.4 Å². The highest BCUT2D eigenvalue weighted by atomic mass is 32.2. The number of hydrogen-bond donors (Lipinski definition) is 0. The largest absolute Gasteiger partial charge is 0.243 e. The minimum Gasteiger partial charge on any atom is -0.229 e. The zero-order chi connectivity index (χ0) is 15.8. The summed E-state index contributed by atoms with van der Waals surface area (Å²) in [6.45, 7) is 1.63. The molecule has 0 bridgehead atoms. The van der Waals surface area contributed by atoms with Gasteiger partial charge in [-0.15, -0.1) is 0 Å². The molecule has 0 amide bonds. The van der Waals surface area contributed by atoms with Crippen LogP contribution in [0.15, 0.2) is 23.1 Å². The molecule has 2 rings (SSSR count). The third-order valence-corrected chi connectivity index (χ3v) is 7.20. The van der Waals surface area contributed by atoms with Crippen molar-refractivity contribution in [3.05, 3.63) is 29.8 Å². The molecular weight excluding hydrogens is 324 g/mol. The first-order valence-electron chi connectivity index (χ1n) is 6.34. The Morgan fingerprint density at radius 2 is 1.95 bits per heavy atom. The van der Waals surface area contributed by atoms with Gasteiger partial charge in [0.2, 0.25) is 10.0 Å². The van der Waals surface area contributed by atoms with Crippen LogP contribution in [0.1, 0.15) is 13.3 Å². The molecule has 118 valence electrons. The SMILES string of the molecule is CCN([C@@H]1CCS(=O)(=O)C1)S(=O)(=O)c1ccc(F)c(F)c1. The summed E-state index contributed by atoms with van der Waals surface area (Å²) in [4.78, 5) is -0.382. The van der Waals surface area contributed by atoms with E-state index in [1.807, 2.05) is 0 Å². The van der Waals surface area contributed by atoms with Gasteiger partial charge in [-0.2, -0.15) is 4.31 Å². The lowest BCUT2D eigenvalue weighted by Gasteiger charge is -2.25. The second kappa shape index (κ2) is 5.62. The summed E-state index contributed by atoms with van der Waals surface area (Å²) in [5.41, 5.74) is 0. The molecule has 1 saturated heterocycles. The molecule has 0 aliphatic carbocycles. The molecule has 1 aliphatic rings. The fourth-order valence-electron chi connectivity index (χ4n) is 2.40. The van der Waals surface area contributed by atoms with Crippen molar-refractivity contribution >= 4 is 19.9 Å². The second-order valence-electron chi connectivity index (χ2n) is 4.84. The van der Waals surface area contributed by atoms with Gasteiger partial charge in [0.25, 0.3) is 0 Å². The molecule has 1 aliphatic heterocycles. The maximum atomic E-state index is 13.2. The highest BCUT2D eigenvalue weighted by molar-refractivity contribution is 7.92. The van der Waals surface area contributed by atoms with Crippen molar-refractivity contribution in [2.45, 2.75) is 24.3 Å². The van der Waals surface area contributed by atoms with Gasteiger partial charge in [0.15, 0.2) is 21.5 Å². The fraction of sp³-hybridized carbons (Fsp3) is 0.500. The highest BCUT2D eigenvalue weighted by Gasteiger charge is 2.38. The molecule has 9 heteroatoms. The summed E-state index contributed by atoms with van der Waals surface area (Å²) in [6, 6.07) is 1.65. The van der Waals surface area contributed by atoms with Crippen LogP contribution in [-0.4, -0.2) is 45.2 Å². The van der Waals surface area contributed by atoms with Gasteiger partial charge < -0.3 is 0 Å². The highest BCUT2D eigenvalue weighted by Crippen LogP contribution is 2.25.